The largest absolute Gasteiger partial charge is 0.476 e. The molecule has 0 bridgehead atoms. The number of carbonyl (C=O) groups is 1. The van der Waals surface area contributed by atoms with Crippen LogP contribution in [0.3, 0.4) is 0 Å². The van der Waals surface area contributed by atoms with E-state index in [1.807, 2.05) is 12.1 Å². The topological polar surface area (TPSA) is 75.1 Å². The standard InChI is InChI=1S/C11H10ClN3O2S/c12-9-2-1-7(18-9)3-4-14-10-6-13-5-8(15-10)11(16)17/h1-2,5-6H,3-4H2,(H,14,15)(H,16,17). The van der Waals surface area contributed by atoms with Gasteiger partial charge in [0.25, 0.3) is 0 Å². The third-order valence-corrected chi connectivity index (χ3v) is 3.45. The van der Waals surface area contributed by atoms with Crippen LogP contribution in [0, 0.1) is 0 Å². The zero-order valence-corrected chi connectivity index (χ0v) is 10.8. The molecule has 0 aliphatic heterocycles. The molecule has 0 aromatic carbocycles. The molecule has 5 nitrogen and oxygen atoms in total. The Kier molecular flexibility index (Phi) is 4.11. The number of hydrogen-bond donors (Lipinski definition) is 2. The first-order chi connectivity index (χ1) is 8.65. The van der Waals surface area contributed by atoms with Gasteiger partial charge in [-0.3, -0.25) is 4.98 Å². The second-order valence-corrected chi connectivity index (χ2v) is 5.28. The molecule has 0 aliphatic carbocycles. The molecular weight excluding hydrogens is 274 g/mol. The lowest BCUT2D eigenvalue weighted by molar-refractivity contribution is 0.0690. The second-order valence-electron chi connectivity index (χ2n) is 3.48. The highest BCUT2D eigenvalue weighted by atomic mass is 35.5. The van der Waals surface area contributed by atoms with Crippen molar-refractivity contribution in [2.45, 2.75) is 6.42 Å². The van der Waals surface area contributed by atoms with Gasteiger partial charge in [0, 0.05) is 11.4 Å². The van der Waals surface area contributed by atoms with E-state index in [9.17, 15) is 4.79 Å². The van der Waals surface area contributed by atoms with Gasteiger partial charge in [0.1, 0.15) is 5.82 Å². The molecule has 0 amide bonds. The summed E-state index contributed by atoms with van der Waals surface area (Å²) < 4.78 is 0.762. The highest BCUT2D eigenvalue weighted by Crippen LogP contribution is 2.21. The number of anilines is 1. The molecule has 0 fully saturated rings. The maximum absolute atomic E-state index is 10.7. The van der Waals surface area contributed by atoms with Gasteiger partial charge in [-0.15, -0.1) is 11.3 Å². The third kappa shape index (κ3) is 3.41. The maximum Gasteiger partial charge on any atom is 0.356 e. The summed E-state index contributed by atoms with van der Waals surface area (Å²) in [6, 6.07) is 3.82. The Balaban J connectivity index is 1.90. The van der Waals surface area contributed by atoms with E-state index in [0.29, 0.717) is 12.4 Å². The third-order valence-electron chi connectivity index (χ3n) is 2.16. The quantitative estimate of drug-likeness (QED) is 0.882. The van der Waals surface area contributed by atoms with Gasteiger partial charge < -0.3 is 10.4 Å². The predicted molar refractivity (Wildman–Crippen MR) is 70.5 cm³/mol. The number of thiophene rings is 1. The van der Waals surface area contributed by atoms with Crippen LogP contribution in [0.2, 0.25) is 4.34 Å². The zero-order valence-electron chi connectivity index (χ0n) is 9.26. The van der Waals surface area contributed by atoms with Crippen molar-refractivity contribution in [3.05, 3.63) is 39.4 Å². The average molecular weight is 284 g/mol. The lowest BCUT2D eigenvalue weighted by Gasteiger charge is -2.04. The molecular formula is C11H10ClN3O2S. The van der Waals surface area contributed by atoms with Crippen molar-refractivity contribution >= 4 is 34.7 Å². The fraction of sp³-hybridized carbons (Fsp3) is 0.182. The van der Waals surface area contributed by atoms with Crippen LogP contribution < -0.4 is 5.32 Å². The van der Waals surface area contributed by atoms with Crippen LogP contribution in [0.25, 0.3) is 0 Å². The highest BCUT2D eigenvalue weighted by Gasteiger charge is 2.05. The van der Waals surface area contributed by atoms with E-state index in [1.54, 1.807) is 0 Å². The number of nitrogens with one attached hydrogen (secondary N) is 1. The number of rotatable bonds is 5. The van der Waals surface area contributed by atoms with Gasteiger partial charge >= 0.3 is 5.97 Å². The summed E-state index contributed by atoms with van der Waals surface area (Å²) in [5.74, 6) is -0.631. The SMILES string of the molecule is O=C(O)c1cncc(NCCc2ccc(Cl)s2)n1. The van der Waals surface area contributed by atoms with Gasteiger partial charge in [0.2, 0.25) is 0 Å². The van der Waals surface area contributed by atoms with Gasteiger partial charge in [-0.05, 0) is 18.6 Å². The summed E-state index contributed by atoms with van der Waals surface area (Å²) >= 11 is 7.35. The molecule has 7 heteroatoms. The molecule has 0 saturated heterocycles. The molecule has 0 unspecified atom stereocenters. The minimum absolute atomic E-state index is 0.0702. The molecule has 94 valence electrons. The number of halogens is 1. The molecule has 0 saturated carbocycles. The average Bonchev–Trinajstić information content (AvgIpc) is 2.75. The molecule has 0 spiro atoms. The Morgan fingerprint density at radius 1 is 1.44 bits per heavy atom. The van der Waals surface area contributed by atoms with Gasteiger partial charge in [-0.2, -0.15) is 0 Å². The first-order valence-corrected chi connectivity index (χ1v) is 6.38. The highest BCUT2D eigenvalue weighted by molar-refractivity contribution is 7.16. The molecule has 2 aromatic heterocycles. The van der Waals surface area contributed by atoms with E-state index in [-0.39, 0.29) is 5.69 Å². The molecule has 2 N–H and O–H groups in total. The lowest BCUT2D eigenvalue weighted by Crippen LogP contribution is -2.09. The van der Waals surface area contributed by atoms with Crippen LogP contribution in [0.15, 0.2) is 24.5 Å². The molecule has 18 heavy (non-hydrogen) atoms. The summed E-state index contributed by atoms with van der Waals surface area (Å²) in [4.78, 5) is 19.6. The lowest BCUT2D eigenvalue weighted by atomic mass is 10.3. The number of aromatic carboxylic acids is 1. The van der Waals surface area contributed by atoms with Gasteiger partial charge in [-0.1, -0.05) is 11.6 Å². The predicted octanol–water partition coefficient (Wildman–Crippen LogP) is 2.54. The van der Waals surface area contributed by atoms with Crippen LogP contribution in [0.1, 0.15) is 15.4 Å². The number of carboxylic acid groups (broad SMARTS) is 1. The molecule has 0 radical (unpaired) electrons. The van der Waals surface area contributed by atoms with Crippen molar-refractivity contribution in [3.8, 4) is 0 Å². The van der Waals surface area contributed by atoms with Crippen molar-refractivity contribution in [2.24, 2.45) is 0 Å². The molecule has 2 aromatic rings. The van der Waals surface area contributed by atoms with Gasteiger partial charge in [0.05, 0.1) is 16.7 Å². The van der Waals surface area contributed by atoms with E-state index in [2.05, 4.69) is 15.3 Å². The molecule has 2 heterocycles. The maximum atomic E-state index is 10.7. The van der Waals surface area contributed by atoms with E-state index in [0.717, 1.165) is 15.6 Å². The second kappa shape index (κ2) is 5.79. The summed E-state index contributed by atoms with van der Waals surface area (Å²) in [6.07, 6.45) is 3.51. The normalized spacial score (nSPS) is 10.3. The smallest absolute Gasteiger partial charge is 0.356 e. The fourth-order valence-electron chi connectivity index (χ4n) is 1.35. The zero-order chi connectivity index (χ0) is 13.0. The van der Waals surface area contributed by atoms with Crippen molar-refractivity contribution < 1.29 is 9.90 Å². The van der Waals surface area contributed by atoms with Gasteiger partial charge in [0.15, 0.2) is 5.69 Å². The van der Waals surface area contributed by atoms with E-state index in [1.165, 1.54) is 23.7 Å². The Labute approximate surface area is 112 Å². The van der Waals surface area contributed by atoms with Crippen LogP contribution in [-0.4, -0.2) is 27.6 Å². The summed E-state index contributed by atoms with van der Waals surface area (Å²) in [7, 11) is 0. The van der Waals surface area contributed by atoms with Crippen molar-refractivity contribution in [3.63, 3.8) is 0 Å². The first kappa shape index (κ1) is 12.8. The van der Waals surface area contributed by atoms with Crippen molar-refractivity contribution in [2.75, 3.05) is 11.9 Å². The van der Waals surface area contributed by atoms with E-state index in [4.69, 9.17) is 16.7 Å². The van der Waals surface area contributed by atoms with Gasteiger partial charge in [-0.25, -0.2) is 9.78 Å². The van der Waals surface area contributed by atoms with Crippen LogP contribution in [0.4, 0.5) is 5.82 Å². The van der Waals surface area contributed by atoms with E-state index >= 15 is 0 Å². The first-order valence-electron chi connectivity index (χ1n) is 5.18. The Morgan fingerprint density at radius 3 is 2.94 bits per heavy atom. The van der Waals surface area contributed by atoms with Crippen molar-refractivity contribution in [1.29, 1.82) is 0 Å². The molecule has 2 rings (SSSR count). The Morgan fingerprint density at radius 2 is 2.28 bits per heavy atom. The molecule has 0 atom stereocenters. The minimum Gasteiger partial charge on any atom is -0.476 e. The summed E-state index contributed by atoms with van der Waals surface area (Å²) in [6.45, 7) is 0.647. The Bertz CT molecular complexity index is 559. The van der Waals surface area contributed by atoms with Crippen LogP contribution in [-0.2, 0) is 6.42 Å². The van der Waals surface area contributed by atoms with Crippen LogP contribution in [0.5, 0.6) is 0 Å². The number of carboxylic acids is 1. The summed E-state index contributed by atoms with van der Waals surface area (Å²) in [5.41, 5.74) is -0.0702. The van der Waals surface area contributed by atoms with Crippen LogP contribution >= 0.6 is 22.9 Å². The number of nitrogens with zero attached hydrogens (tertiary/aromatic N) is 2. The Hall–Kier alpha value is -1.66. The van der Waals surface area contributed by atoms with E-state index < -0.39 is 5.97 Å². The molecule has 0 aliphatic rings. The fourth-order valence-corrected chi connectivity index (χ4v) is 2.44. The monoisotopic (exact) mass is 283 g/mol. The van der Waals surface area contributed by atoms with Crippen molar-refractivity contribution in [1.82, 2.24) is 9.97 Å². The summed E-state index contributed by atoms with van der Waals surface area (Å²) in [5, 5.41) is 11.8. The number of aromatic nitrogens is 2. The number of hydrogen-bond acceptors (Lipinski definition) is 5. The minimum atomic E-state index is -1.09.